The lowest BCUT2D eigenvalue weighted by Crippen LogP contribution is -2.28. The van der Waals surface area contributed by atoms with Gasteiger partial charge in [-0.3, -0.25) is 24.4 Å². The summed E-state index contributed by atoms with van der Waals surface area (Å²) in [4.78, 5) is 71.3. The Hall–Kier alpha value is -5.38. The molecule has 0 atom stereocenters. The van der Waals surface area contributed by atoms with Gasteiger partial charge in [0.05, 0.1) is 35.4 Å². The largest absolute Gasteiger partial charge is 0.450 e. The Balaban J connectivity index is 1.81. The van der Waals surface area contributed by atoms with Crippen LogP contribution in [0.15, 0.2) is 42.5 Å². The van der Waals surface area contributed by atoms with E-state index in [9.17, 15) is 37.1 Å². The lowest BCUT2D eigenvalue weighted by molar-refractivity contribution is -0.138. The number of halogens is 3. The molecular formula is C36H43F3N6O7. The molecule has 52 heavy (non-hydrogen) atoms. The molecule has 2 aromatic carbocycles. The molecule has 0 bridgehead atoms. The number of nitrogens with zero attached hydrogens (tertiary/aromatic N) is 2. The first-order valence-corrected chi connectivity index (χ1v) is 16.7. The van der Waals surface area contributed by atoms with Crippen LogP contribution in [-0.4, -0.2) is 57.9 Å². The Labute approximate surface area is 299 Å². The number of hydrogen-bond donors (Lipinski definition) is 5. The molecule has 3 rings (SSSR count). The maximum atomic E-state index is 13.9. The van der Waals surface area contributed by atoms with Crippen molar-refractivity contribution in [2.45, 2.75) is 78.9 Å². The van der Waals surface area contributed by atoms with Gasteiger partial charge in [0, 0.05) is 31.1 Å². The van der Waals surface area contributed by atoms with E-state index in [1.807, 2.05) is 0 Å². The number of aromatic nitrogens is 2. The maximum Gasteiger partial charge on any atom is 0.416 e. The fraction of sp³-hybridized carbons (Fsp3) is 0.417. The second-order valence-corrected chi connectivity index (χ2v) is 12.3. The van der Waals surface area contributed by atoms with Crippen molar-refractivity contribution in [3.63, 3.8) is 0 Å². The number of carbonyl (C=O) groups excluding carboxylic acids is 5. The van der Waals surface area contributed by atoms with E-state index in [0.29, 0.717) is 31.2 Å². The van der Waals surface area contributed by atoms with Gasteiger partial charge in [0.1, 0.15) is 11.6 Å². The Morgan fingerprint density at radius 2 is 1.67 bits per heavy atom. The summed E-state index contributed by atoms with van der Waals surface area (Å²) in [5.41, 5.74) is 1.10. The van der Waals surface area contributed by atoms with Crippen molar-refractivity contribution >= 4 is 35.4 Å². The van der Waals surface area contributed by atoms with Crippen LogP contribution in [0.5, 0.6) is 0 Å². The zero-order chi connectivity index (χ0) is 38.4. The first-order valence-electron chi connectivity index (χ1n) is 16.7. The van der Waals surface area contributed by atoms with E-state index in [-0.39, 0.29) is 59.2 Å². The summed E-state index contributed by atoms with van der Waals surface area (Å²) in [6.07, 6.45) is -3.67. The Morgan fingerprint density at radius 3 is 2.35 bits per heavy atom. The van der Waals surface area contributed by atoms with E-state index in [1.165, 1.54) is 19.1 Å². The van der Waals surface area contributed by atoms with Gasteiger partial charge in [-0.25, -0.2) is 20.2 Å². The number of benzene rings is 2. The molecule has 0 radical (unpaired) electrons. The number of carbonyl (C=O) groups is 5. The van der Waals surface area contributed by atoms with Crippen LogP contribution in [-0.2, 0) is 35.1 Å². The number of hydroxylamine groups is 1. The minimum Gasteiger partial charge on any atom is -0.450 e. The van der Waals surface area contributed by atoms with Crippen molar-refractivity contribution in [3.8, 4) is 0 Å². The van der Waals surface area contributed by atoms with Crippen LogP contribution in [0.1, 0.15) is 106 Å². The molecule has 13 nitrogen and oxygen atoms in total. The lowest BCUT2D eigenvalue weighted by Gasteiger charge is -2.15. The summed E-state index contributed by atoms with van der Waals surface area (Å²) >= 11 is 0. The van der Waals surface area contributed by atoms with Crippen LogP contribution < -0.4 is 21.4 Å². The Kier molecular flexibility index (Phi) is 15.2. The van der Waals surface area contributed by atoms with E-state index in [2.05, 4.69) is 39.8 Å². The number of anilines is 1. The molecular weight excluding hydrogens is 685 g/mol. The van der Waals surface area contributed by atoms with Crippen molar-refractivity contribution in [3.05, 3.63) is 87.4 Å². The van der Waals surface area contributed by atoms with Crippen LogP contribution in [0.25, 0.3) is 0 Å². The van der Waals surface area contributed by atoms with E-state index < -0.39 is 54.3 Å². The third-order valence-corrected chi connectivity index (χ3v) is 7.73. The first kappa shape index (κ1) is 41.0. The van der Waals surface area contributed by atoms with Gasteiger partial charge < -0.3 is 20.7 Å². The molecule has 1 heterocycles. The van der Waals surface area contributed by atoms with Gasteiger partial charge in [0.15, 0.2) is 5.78 Å². The molecule has 0 spiro atoms. The summed E-state index contributed by atoms with van der Waals surface area (Å²) in [6.45, 7) is 7.00. The zero-order valence-electron chi connectivity index (χ0n) is 29.4. The van der Waals surface area contributed by atoms with E-state index in [1.54, 1.807) is 30.6 Å². The molecule has 0 aliphatic heterocycles. The van der Waals surface area contributed by atoms with Crippen LogP contribution in [0.3, 0.4) is 0 Å². The van der Waals surface area contributed by atoms with Gasteiger partial charge in [-0.2, -0.15) is 13.2 Å². The van der Waals surface area contributed by atoms with Crippen molar-refractivity contribution < 1.29 is 47.1 Å². The van der Waals surface area contributed by atoms with Gasteiger partial charge in [-0.05, 0) is 74.8 Å². The molecule has 0 fully saturated rings. The molecule has 16 heteroatoms. The number of aryl methyl sites for hydroxylation is 2. The van der Waals surface area contributed by atoms with Crippen LogP contribution in [0.2, 0.25) is 0 Å². The highest BCUT2D eigenvalue weighted by Crippen LogP contribution is 2.33. The number of hydrogen-bond acceptors (Lipinski definition) is 9. The van der Waals surface area contributed by atoms with E-state index in [4.69, 9.17) is 9.94 Å². The number of amides is 4. The molecule has 0 saturated heterocycles. The second kappa shape index (κ2) is 19.3. The second-order valence-electron chi connectivity index (χ2n) is 12.3. The maximum absolute atomic E-state index is 13.9. The molecule has 4 amide bonds. The highest BCUT2D eigenvalue weighted by Gasteiger charge is 2.34. The average Bonchev–Trinajstić information content (AvgIpc) is 3.08. The molecule has 0 aliphatic carbocycles. The van der Waals surface area contributed by atoms with E-state index in [0.717, 1.165) is 18.1 Å². The zero-order valence-corrected chi connectivity index (χ0v) is 29.4. The monoisotopic (exact) mass is 728 g/mol. The van der Waals surface area contributed by atoms with Gasteiger partial charge in [-0.1, -0.05) is 32.0 Å². The Bertz CT molecular complexity index is 1760. The standard InChI is InChI=1S/C36H43F3N6O7/c1-5-52-35(50)41-20-25-13-12-24(17-29(25)36(37,38)39)30(46)18-26-19-31(43-22(4)42-26)44-34(49)28-16-23(10-9-21(2)3)11-14-27(28)33(48)40-15-7-6-8-32(47)45-51/h11-14,16-17,19,21,51H,5-10,15,18,20H2,1-4H3,(H,40,48)(H,41,50)(H,45,47)(H,42,43,44,49). The third kappa shape index (κ3) is 12.7. The summed E-state index contributed by atoms with van der Waals surface area (Å²) in [5.74, 6) is -1.81. The number of nitrogens with one attached hydrogen (secondary N) is 4. The molecule has 1 aromatic heterocycles. The highest BCUT2D eigenvalue weighted by molar-refractivity contribution is 6.12. The summed E-state index contributed by atoms with van der Waals surface area (Å²) < 4.78 is 46.4. The quantitative estimate of drug-likeness (QED) is 0.0501. The average molecular weight is 729 g/mol. The summed E-state index contributed by atoms with van der Waals surface area (Å²) in [6, 6.07) is 9.33. The minimum atomic E-state index is -4.81. The van der Waals surface area contributed by atoms with Crippen LogP contribution in [0.4, 0.5) is 23.8 Å². The highest BCUT2D eigenvalue weighted by atomic mass is 19.4. The fourth-order valence-corrected chi connectivity index (χ4v) is 5.10. The molecule has 3 aromatic rings. The van der Waals surface area contributed by atoms with Gasteiger partial charge >= 0.3 is 12.3 Å². The predicted molar refractivity (Wildman–Crippen MR) is 184 cm³/mol. The van der Waals surface area contributed by atoms with Crippen molar-refractivity contribution in [2.24, 2.45) is 5.92 Å². The van der Waals surface area contributed by atoms with Crippen molar-refractivity contribution in [1.29, 1.82) is 0 Å². The Morgan fingerprint density at radius 1 is 0.923 bits per heavy atom. The number of ketones is 1. The number of unbranched alkanes of at least 4 members (excludes halogenated alkanes) is 1. The van der Waals surface area contributed by atoms with Crippen LogP contribution in [0, 0.1) is 12.8 Å². The van der Waals surface area contributed by atoms with Crippen LogP contribution >= 0.6 is 0 Å². The molecule has 0 aliphatic rings. The van der Waals surface area contributed by atoms with Gasteiger partial charge in [-0.15, -0.1) is 0 Å². The molecule has 0 unspecified atom stereocenters. The molecule has 5 N–H and O–H groups in total. The SMILES string of the molecule is CCOC(=O)NCc1ccc(C(=O)Cc2cc(NC(=O)c3cc(CCC(C)C)ccc3C(=O)NCCCCC(=O)NO)nc(C)n2)cc1C(F)(F)F. The van der Waals surface area contributed by atoms with Gasteiger partial charge in [0.2, 0.25) is 5.91 Å². The summed E-state index contributed by atoms with van der Waals surface area (Å²) in [7, 11) is 0. The molecule has 280 valence electrons. The van der Waals surface area contributed by atoms with E-state index >= 15 is 0 Å². The number of alkyl carbamates (subject to hydrolysis) is 1. The minimum absolute atomic E-state index is 0.0118. The number of ether oxygens (including phenoxy) is 1. The normalized spacial score (nSPS) is 11.2. The third-order valence-electron chi connectivity index (χ3n) is 7.73. The molecule has 0 saturated carbocycles. The number of rotatable bonds is 17. The lowest BCUT2D eigenvalue weighted by atomic mass is 9.97. The van der Waals surface area contributed by atoms with Crippen molar-refractivity contribution in [1.82, 2.24) is 26.1 Å². The smallest absolute Gasteiger partial charge is 0.416 e. The van der Waals surface area contributed by atoms with Gasteiger partial charge in [0.25, 0.3) is 11.8 Å². The topological polar surface area (TPSA) is 189 Å². The fourth-order valence-electron chi connectivity index (χ4n) is 5.10. The number of alkyl halides is 3. The first-order chi connectivity index (χ1) is 24.6. The van der Waals surface area contributed by atoms with Crippen molar-refractivity contribution in [2.75, 3.05) is 18.5 Å². The predicted octanol–water partition coefficient (Wildman–Crippen LogP) is 5.72. The summed E-state index contributed by atoms with van der Waals surface area (Å²) in [5, 5.41) is 16.3. The number of Topliss-reactive ketones (excluding diaryl/α,β-unsaturated/α-hetero) is 1.